The van der Waals surface area contributed by atoms with Crippen LogP contribution in [0.25, 0.3) is 0 Å². The van der Waals surface area contributed by atoms with Crippen molar-refractivity contribution < 1.29 is 9.59 Å². The smallest absolute Gasteiger partial charge is 0.237 e. The number of rotatable bonds is 5. The highest BCUT2D eigenvalue weighted by atomic mass is 16.2. The molecule has 0 bridgehead atoms. The third-order valence-electron chi connectivity index (χ3n) is 3.69. The first-order chi connectivity index (χ1) is 10.1. The average Bonchev–Trinajstić information content (AvgIpc) is 2.53. The maximum Gasteiger partial charge on any atom is 0.237 e. The first-order valence-electron chi connectivity index (χ1n) is 6.89. The Hall–Kier alpha value is -2.42. The summed E-state index contributed by atoms with van der Waals surface area (Å²) < 4.78 is 0. The molecule has 0 fully saturated rings. The van der Waals surface area contributed by atoms with Crippen LogP contribution >= 0.6 is 0 Å². The minimum absolute atomic E-state index is 0.0907. The van der Waals surface area contributed by atoms with Gasteiger partial charge in [0.1, 0.15) is 11.7 Å². The van der Waals surface area contributed by atoms with Crippen molar-refractivity contribution in [1.82, 2.24) is 4.90 Å². The number of nitrogens with zero attached hydrogens (tertiary/aromatic N) is 1. The summed E-state index contributed by atoms with van der Waals surface area (Å²) in [5.41, 5.74) is 0.706. The van der Waals surface area contributed by atoms with Crippen molar-refractivity contribution in [3.63, 3.8) is 0 Å². The number of aldehydes is 1. The van der Waals surface area contributed by atoms with E-state index < -0.39 is 5.41 Å². The average molecular weight is 281 g/mol. The second kappa shape index (κ2) is 6.35. The Bertz CT molecular complexity index is 566. The number of likely N-dealkylation sites (N-methyl/N-ethyl adjacent to an activating group) is 1. The van der Waals surface area contributed by atoms with Crippen LogP contribution in [0.5, 0.6) is 0 Å². The van der Waals surface area contributed by atoms with E-state index in [1.54, 1.807) is 19.0 Å². The van der Waals surface area contributed by atoms with E-state index >= 15 is 0 Å². The molecule has 0 aliphatic rings. The third-order valence-corrected chi connectivity index (χ3v) is 3.69. The number of benzene rings is 2. The predicted octanol–water partition coefficient (Wildman–Crippen LogP) is 2.65. The zero-order chi connectivity index (χ0) is 15.3. The molecule has 0 spiro atoms. The molecule has 3 nitrogen and oxygen atoms in total. The van der Waals surface area contributed by atoms with Gasteiger partial charge in [-0.3, -0.25) is 4.79 Å². The predicted molar refractivity (Wildman–Crippen MR) is 83.0 cm³/mol. The SMILES string of the molecule is CN(C)C(=O)C(CC=O)(c1ccccc1)c1ccccc1. The Labute approximate surface area is 125 Å². The van der Waals surface area contributed by atoms with Crippen LogP contribution in [-0.4, -0.2) is 31.2 Å². The molecule has 108 valence electrons. The number of amides is 1. The molecular weight excluding hydrogens is 262 g/mol. The van der Waals surface area contributed by atoms with Crippen molar-refractivity contribution in [2.24, 2.45) is 0 Å². The van der Waals surface area contributed by atoms with Crippen LogP contribution in [0.3, 0.4) is 0 Å². The van der Waals surface area contributed by atoms with Gasteiger partial charge in [-0.2, -0.15) is 0 Å². The van der Waals surface area contributed by atoms with E-state index in [1.165, 1.54) is 0 Å². The standard InChI is InChI=1S/C18H19NO2/c1-19(2)17(21)18(13-14-20,15-9-5-3-6-10-15)16-11-7-4-8-12-16/h3-12,14H,13H2,1-2H3. The Morgan fingerprint density at radius 1 is 0.952 bits per heavy atom. The second-order valence-electron chi connectivity index (χ2n) is 5.21. The summed E-state index contributed by atoms with van der Waals surface area (Å²) in [6.45, 7) is 0. The van der Waals surface area contributed by atoms with Crippen molar-refractivity contribution in [1.29, 1.82) is 0 Å². The number of carbonyl (C=O) groups is 2. The van der Waals surface area contributed by atoms with Crippen LogP contribution in [0.2, 0.25) is 0 Å². The van der Waals surface area contributed by atoms with Crippen molar-refractivity contribution in [3.05, 3.63) is 71.8 Å². The van der Waals surface area contributed by atoms with E-state index in [2.05, 4.69) is 0 Å². The van der Waals surface area contributed by atoms with E-state index in [9.17, 15) is 9.59 Å². The fraction of sp³-hybridized carbons (Fsp3) is 0.222. The van der Waals surface area contributed by atoms with Gasteiger partial charge >= 0.3 is 0 Å². The lowest BCUT2D eigenvalue weighted by Gasteiger charge is -2.34. The van der Waals surface area contributed by atoms with Crippen LogP contribution in [0.1, 0.15) is 17.5 Å². The van der Waals surface area contributed by atoms with Crippen molar-refractivity contribution >= 4 is 12.2 Å². The van der Waals surface area contributed by atoms with Crippen LogP contribution in [0.15, 0.2) is 60.7 Å². The molecule has 2 aromatic carbocycles. The molecular formula is C18H19NO2. The number of carbonyl (C=O) groups excluding carboxylic acids is 2. The van der Waals surface area contributed by atoms with E-state index in [1.807, 2.05) is 60.7 Å². The highest BCUT2D eigenvalue weighted by Crippen LogP contribution is 2.36. The molecule has 0 atom stereocenters. The van der Waals surface area contributed by atoms with Crippen LogP contribution in [0.4, 0.5) is 0 Å². The molecule has 0 unspecified atom stereocenters. The monoisotopic (exact) mass is 281 g/mol. The van der Waals surface area contributed by atoms with Crippen molar-refractivity contribution in [2.45, 2.75) is 11.8 Å². The highest BCUT2D eigenvalue weighted by molar-refractivity contribution is 5.94. The molecule has 0 aliphatic heterocycles. The largest absolute Gasteiger partial charge is 0.348 e. The van der Waals surface area contributed by atoms with Gasteiger partial charge in [0.15, 0.2) is 0 Å². The minimum Gasteiger partial charge on any atom is -0.348 e. The first-order valence-corrected chi connectivity index (χ1v) is 6.89. The van der Waals surface area contributed by atoms with Gasteiger partial charge in [-0.1, -0.05) is 60.7 Å². The minimum atomic E-state index is -0.965. The molecule has 2 rings (SSSR count). The fourth-order valence-electron chi connectivity index (χ4n) is 2.69. The van der Waals surface area contributed by atoms with E-state index in [-0.39, 0.29) is 12.3 Å². The normalized spacial score (nSPS) is 11.0. The summed E-state index contributed by atoms with van der Waals surface area (Å²) in [5, 5.41) is 0. The van der Waals surface area contributed by atoms with Gasteiger partial charge in [0.05, 0.1) is 0 Å². The molecule has 0 radical (unpaired) electrons. The van der Waals surface area contributed by atoms with Crippen molar-refractivity contribution in [2.75, 3.05) is 14.1 Å². The Morgan fingerprint density at radius 3 is 1.71 bits per heavy atom. The summed E-state index contributed by atoms with van der Waals surface area (Å²) in [5.74, 6) is -0.0907. The van der Waals surface area contributed by atoms with Gasteiger partial charge in [-0.05, 0) is 11.1 Å². The molecule has 0 aliphatic carbocycles. The Balaban J connectivity index is 2.72. The summed E-state index contributed by atoms with van der Waals surface area (Å²) >= 11 is 0. The first kappa shape index (κ1) is 15.0. The summed E-state index contributed by atoms with van der Waals surface area (Å²) in [6, 6.07) is 19.0. The van der Waals surface area contributed by atoms with E-state index in [4.69, 9.17) is 0 Å². The molecule has 21 heavy (non-hydrogen) atoms. The molecule has 0 aromatic heterocycles. The Kier molecular flexibility index (Phi) is 4.53. The second-order valence-corrected chi connectivity index (χ2v) is 5.21. The lowest BCUT2D eigenvalue weighted by atomic mass is 9.71. The molecule has 3 heteroatoms. The van der Waals surface area contributed by atoms with Crippen LogP contribution < -0.4 is 0 Å². The highest BCUT2D eigenvalue weighted by Gasteiger charge is 2.42. The lowest BCUT2D eigenvalue weighted by molar-refractivity contribution is -0.134. The zero-order valence-electron chi connectivity index (χ0n) is 12.3. The molecule has 0 N–H and O–H groups in total. The number of hydrogen-bond donors (Lipinski definition) is 0. The zero-order valence-corrected chi connectivity index (χ0v) is 12.3. The fourth-order valence-corrected chi connectivity index (χ4v) is 2.69. The number of hydrogen-bond acceptors (Lipinski definition) is 2. The van der Waals surface area contributed by atoms with Gasteiger partial charge in [-0.15, -0.1) is 0 Å². The quantitative estimate of drug-likeness (QED) is 0.790. The van der Waals surface area contributed by atoms with Gasteiger partial charge < -0.3 is 9.69 Å². The van der Waals surface area contributed by atoms with Gasteiger partial charge in [-0.25, -0.2) is 0 Å². The molecule has 0 saturated heterocycles. The summed E-state index contributed by atoms with van der Waals surface area (Å²) in [6.07, 6.45) is 0.944. The van der Waals surface area contributed by atoms with Crippen LogP contribution in [0, 0.1) is 0 Å². The molecule has 1 amide bonds. The molecule has 2 aromatic rings. The summed E-state index contributed by atoms with van der Waals surface area (Å²) in [7, 11) is 3.43. The van der Waals surface area contributed by atoms with Gasteiger partial charge in [0.2, 0.25) is 5.91 Å². The summed E-state index contributed by atoms with van der Waals surface area (Å²) in [4.78, 5) is 25.8. The topological polar surface area (TPSA) is 37.4 Å². The molecule has 0 heterocycles. The maximum absolute atomic E-state index is 12.9. The van der Waals surface area contributed by atoms with Crippen molar-refractivity contribution in [3.8, 4) is 0 Å². The Morgan fingerprint density at radius 2 is 1.38 bits per heavy atom. The van der Waals surface area contributed by atoms with Gasteiger partial charge in [0.25, 0.3) is 0 Å². The van der Waals surface area contributed by atoms with E-state index in [0.717, 1.165) is 17.4 Å². The van der Waals surface area contributed by atoms with Crippen LogP contribution in [-0.2, 0) is 15.0 Å². The lowest BCUT2D eigenvalue weighted by Crippen LogP contribution is -2.45. The maximum atomic E-state index is 12.9. The van der Waals surface area contributed by atoms with Gasteiger partial charge in [0, 0.05) is 20.5 Å². The van der Waals surface area contributed by atoms with E-state index in [0.29, 0.717) is 0 Å². The third kappa shape index (κ3) is 2.72. The molecule has 0 saturated carbocycles.